The fourth-order valence-corrected chi connectivity index (χ4v) is 2.80. The molecular weight excluding hydrogens is 333 g/mol. The van der Waals surface area contributed by atoms with Crippen LogP contribution >= 0.6 is 0 Å². The number of aryl methyl sites for hydroxylation is 2. The van der Waals surface area contributed by atoms with Crippen molar-refractivity contribution in [2.75, 3.05) is 6.54 Å². The van der Waals surface area contributed by atoms with Crippen LogP contribution in [0.5, 0.6) is 0 Å². The third-order valence-electron chi connectivity index (χ3n) is 4.24. The molecule has 0 unspecified atom stereocenters. The third kappa shape index (κ3) is 3.66. The van der Waals surface area contributed by atoms with Crippen molar-refractivity contribution in [2.24, 2.45) is 7.05 Å². The number of benzene rings is 1. The third-order valence-corrected chi connectivity index (χ3v) is 4.24. The van der Waals surface area contributed by atoms with E-state index in [4.69, 9.17) is 0 Å². The fraction of sp³-hybridized carbons (Fsp3) is 0.316. The van der Waals surface area contributed by atoms with Crippen molar-refractivity contribution in [3.05, 3.63) is 59.7 Å². The van der Waals surface area contributed by atoms with Crippen molar-refractivity contribution >= 4 is 5.91 Å². The maximum atomic E-state index is 13.1. The molecule has 0 radical (unpaired) electrons. The Balaban J connectivity index is 1.87. The van der Waals surface area contributed by atoms with E-state index in [0.29, 0.717) is 30.3 Å². The number of aromatic nitrogens is 4. The van der Waals surface area contributed by atoms with Gasteiger partial charge in [-0.25, -0.2) is 14.4 Å². The lowest BCUT2D eigenvalue weighted by Gasteiger charge is -2.21. The number of aromatic amines is 1. The topological polar surface area (TPSA) is 66.8 Å². The molecule has 0 saturated carbocycles. The summed E-state index contributed by atoms with van der Waals surface area (Å²) in [5.74, 6) is 0.924. The lowest BCUT2D eigenvalue weighted by Crippen LogP contribution is -2.33. The number of rotatable bonds is 6. The lowest BCUT2D eigenvalue weighted by molar-refractivity contribution is 0.0731. The highest BCUT2D eigenvalue weighted by Gasteiger charge is 2.22. The first-order valence-corrected chi connectivity index (χ1v) is 8.57. The Kier molecular flexibility index (Phi) is 5.16. The maximum Gasteiger partial charge on any atom is 0.274 e. The lowest BCUT2D eigenvalue weighted by atomic mass is 10.2. The summed E-state index contributed by atoms with van der Waals surface area (Å²) in [6.45, 7) is 4.89. The van der Waals surface area contributed by atoms with Crippen molar-refractivity contribution in [1.29, 1.82) is 0 Å². The summed E-state index contributed by atoms with van der Waals surface area (Å²) in [5, 5.41) is 0. The van der Waals surface area contributed by atoms with Crippen LogP contribution in [0.15, 0.2) is 36.7 Å². The van der Waals surface area contributed by atoms with Gasteiger partial charge in [0.15, 0.2) is 0 Å². The van der Waals surface area contributed by atoms with Crippen molar-refractivity contribution < 1.29 is 9.18 Å². The van der Waals surface area contributed by atoms with Gasteiger partial charge in [0.05, 0.1) is 6.54 Å². The summed E-state index contributed by atoms with van der Waals surface area (Å²) in [5.41, 5.74) is 1.81. The fourth-order valence-electron chi connectivity index (χ4n) is 2.80. The zero-order chi connectivity index (χ0) is 18.7. The van der Waals surface area contributed by atoms with Crippen molar-refractivity contribution in [3.8, 4) is 11.4 Å². The highest BCUT2D eigenvalue weighted by Crippen LogP contribution is 2.20. The smallest absolute Gasteiger partial charge is 0.274 e. The Hall–Kier alpha value is -2.96. The first-order valence-electron chi connectivity index (χ1n) is 8.57. The van der Waals surface area contributed by atoms with Crippen LogP contribution in [0.25, 0.3) is 11.4 Å². The van der Waals surface area contributed by atoms with Crippen LogP contribution in [0.1, 0.15) is 35.4 Å². The number of hydrogen-bond acceptors (Lipinski definition) is 3. The highest BCUT2D eigenvalue weighted by atomic mass is 19.1. The Morgan fingerprint density at radius 3 is 2.65 bits per heavy atom. The van der Waals surface area contributed by atoms with Crippen molar-refractivity contribution in [3.63, 3.8) is 0 Å². The van der Waals surface area contributed by atoms with E-state index in [1.54, 1.807) is 23.2 Å². The van der Waals surface area contributed by atoms with E-state index in [9.17, 15) is 9.18 Å². The number of imidazole rings is 2. The van der Waals surface area contributed by atoms with Crippen LogP contribution in [0, 0.1) is 12.7 Å². The summed E-state index contributed by atoms with van der Waals surface area (Å²) in [6, 6.07) is 6.03. The molecule has 0 aliphatic rings. The molecule has 0 fully saturated rings. The Morgan fingerprint density at radius 2 is 2.04 bits per heavy atom. The highest BCUT2D eigenvalue weighted by molar-refractivity contribution is 5.94. The number of nitrogens with zero attached hydrogens (tertiary/aromatic N) is 4. The minimum absolute atomic E-state index is 0.142. The normalized spacial score (nSPS) is 10.9. The van der Waals surface area contributed by atoms with Gasteiger partial charge in [-0.1, -0.05) is 6.92 Å². The number of halogens is 1. The molecule has 3 rings (SSSR count). The van der Waals surface area contributed by atoms with Gasteiger partial charge in [-0.2, -0.15) is 0 Å². The van der Waals surface area contributed by atoms with Gasteiger partial charge in [-0.05, 0) is 37.6 Å². The molecule has 0 atom stereocenters. The maximum absolute atomic E-state index is 13.1. The van der Waals surface area contributed by atoms with E-state index in [1.807, 2.05) is 31.7 Å². The van der Waals surface area contributed by atoms with Crippen LogP contribution in [0.3, 0.4) is 0 Å². The SMILES string of the molecule is CCCN(Cc1nccn1C)C(=O)c1nc(-c2ccc(F)cc2)[nH]c1C. The summed E-state index contributed by atoms with van der Waals surface area (Å²) >= 11 is 0. The second-order valence-electron chi connectivity index (χ2n) is 6.25. The summed E-state index contributed by atoms with van der Waals surface area (Å²) in [6.07, 6.45) is 4.41. The molecule has 6 nitrogen and oxygen atoms in total. The van der Waals surface area contributed by atoms with Crippen LogP contribution in [-0.4, -0.2) is 36.9 Å². The molecule has 0 bridgehead atoms. The Bertz CT molecular complexity index is 897. The number of H-pyrrole nitrogens is 1. The second kappa shape index (κ2) is 7.51. The van der Waals surface area contributed by atoms with Crippen LogP contribution < -0.4 is 0 Å². The zero-order valence-electron chi connectivity index (χ0n) is 15.2. The van der Waals surface area contributed by atoms with Crippen LogP contribution in [0.2, 0.25) is 0 Å². The average Bonchev–Trinajstić information content (AvgIpc) is 3.20. The predicted octanol–water partition coefficient (Wildman–Crippen LogP) is 3.31. The van der Waals surface area contributed by atoms with E-state index in [-0.39, 0.29) is 11.7 Å². The quantitative estimate of drug-likeness (QED) is 0.738. The molecule has 7 heteroatoms. The molecule has 0 aliphatic heterocycles. The van der Waals surface area contributed by atoms with Gasteiger partial charge in [0.2, 0.25) is 0 Å². The van der Waals surface area contributed by atoms with E-state index in [0.717, 1.165) is 17.8 Å². The molecule has 1 aromatic carbocycles. The van der Waals surface area contributed by atoms with Gasteiger partial charge in [-0.15, -0.1) is 0 Å². The summed E-state index contributed by atoms with van der Waals surface area (Å²) in [7, 11) is 1.91. The molecular formula is C19H22FN5O. The molecule has 2 heterocycles. The molecule has 0 aliphatic carbocycles. The standard InChI is InChI=1S/C19H22FN5O/c1-4-10-25(12-16-21-9-11-24(16)3)19(26)17-13(2)22-18(23-17)14-5-7-15(20)8-6-14/h5-9,11H,4,10,12H2,1-3H3,(H,22,23). The molecule has 1 amide bonds. The molecule has 1 N–H and O–H groups in total. The minimum atomic E-state index is -0.308. The number of nitrogens with one attached hydrogen (secondary N) is 1. The first kappa shape index (κ1) is 17.8. The van der Waals surface area contributed by atoms with E-state index in [1.165, 1.54) is 12.1 Å². The number of amides is 1. The number of carbonyl (C=O) groups excluding carboxylic acids is 1. The molecule has 136 valence electrons. The predicted molar refractivity (Wildman–Crippen MR) is 97.0 cm³/mol. The number of hydrogen-bond donors (Lipinski definition) is 1. The first-order chi connectivity index (χ1) is 12.5. The van der Waals surface area contributed by atoms with Gasteiger partial charge < -0.3 is 14.5 Å². The van der Waals surface area contributed by atoms with E-state index >= 15 is 0 Å². The second-order valence-corrected chi connectivity index (χ2v) is 6.25. The largest absolute Gasteiger partial charge is 0.341 e. The molecule has 0 saturated heterocycles. The minimum Gasteiger partial charge on any atom is -0.341 e. The molecule has 0 spiro atoms. The average molecular weight is 355 g/mol. The molecule has 26 heavy (non-hydrogen) atoms. The molecule has 3 aromatic rings. The monoisotopic (exact) mass is 355 g/mol. The number of carbonyl (C=O) groups is 1. The summed E-state index contributed by atoms with van der Waals surface area (Å²) < 4.78 is 15.0. The zero-order valence-corrected chi connectivity index (χ0v) is 15.2. The Morgan fingerprint density at radius 1 is 1.31 bits per heavy atom. The van der Waals surface area contributed by atoms with Crippen LogP contribution in [0.4, 0.5) is 4.39 Å². The van der Waals surface area contributed by atoms with E-state index in [2.05, 4.69) is 15.0 Å². The Labute approximate surface area is 151 Å². The van der Waals surface area contributed by atoms with Crippen LogP contribution in [-0.2, 0) is 13.6 Å². The molecule has 2 aromatic heterocycles. The van der Waals surface area contributed by atoms with Crippen molar-refractivity contribution in [2.45, 2.75) is 26.8 Å². The summed E-state index contributed by atoms with van der Waals surface area (Å²) in [4.78, 5) is 26.7. The van der Waals surface area contributed by atoms with Crippen molar-refractivity contribution in [1.82, 2.24) is 24.4 Å². The van der Waals surface area contributed by atoms with Gasteiger partial charge in [0.25, 0.3) is 5.91 Å². The van der Waals surface area contributed by atoms with Gasteiger partial charge in [-0.3, -0.25) is 4.79 Å². The van der Waals surface area contributed by atoms with Gasteiger partial charge in [0.1, 0.15) is 23.2 Å². The van der Waals surface area contributed by atoms with Gasteiger partial charge >= 0.3 is 0 Å². The van der Waals surface area contributed by atoms with E-state index < -0.39 is 0 Å². The van der Waals surface area contributed by atoms with Gasteiger partial charge in [0, 0.05) is 37.2 Å².